The smallest absolute Gasteiger partial charge is 0.402 e. The number of aldehydes is 2. The summed E-state index contributed by atoms with van der Waals surface area (Å²) in [7, 11) is 7.61. The summed E-state index contributed by atoms with van der Waals surface area (Å²) in [6, 6.07) is 9.90. The molecule has 1 aromatic heterocycles. The van der Waals surface area contributed by atoms with Crippen LogP contribution in [-0.2, 0) is 4.79 Å². The average molecular weight is 599 g/mol. The molecule has 0 amide bonds. The summed E-state index contributed by atoms with van der Waals surface area (Å²) < 4.78 is 41.9. The molecular formula is C30H42ClF3N4O3. The molecule has 0 spiro atoms. The Labute approximate surface area is 246 Å². The number of halogens is 4. The number of nitrogens with one attached hydrogen (secondary N) is 1. The van der Waals surface area contributed by atoms with E-state index in [1.807, 2.05) is 13.1 Å². The van der Waals surface area contributed by atoms with Gasteiger partial charge in [-0.3, -0.25) is 4.79 Å². The van der Waals surface area contributed by atoms with E-state index in [-0.39, 0.29) is 11.8 Å². The summed E-state index contributed by atoms with van der Waals surface area (Å²) in [5.74, 6) is -0.0838. The molecule has 1 N–H and O–H groups in total. The van der Waals surface area contributed by atoms with Crippen LogP contribution in [0, 0.1) is 5.92 Å². The van der Waals surface area contributed by atoms with Crippen molar-refractivity contribution in [3.8, 4) is 5.75 Å². The molecule has 1 saturated heterocycles. The number of carbonyl (C=O) groups is 2. The molecule has 2 fully saturated rings. The first-order valence-corrected chi connectivity index (χ1v) is 14.2. The Bertz CT molecular complexity index is 1080. The van der Waals surface area contributed by atoms with Crippen molar-refractivity contribution in [1.29, 1.82) is 0 Å². The van der Waals surface area contributed by atoms with E-state index >= 15 is 0 Å². The van der Waals surface area contributed by atoms with Crippen molar-refractivity contribution in [2.24, 2.45) is 5.92 Å². The number of hydrogen-bond donors (Lipinski definition) is 1. The average Bonchev–Trinajstić information content (AvgIpc) is 3.79. The Morgan fingerprint density at radius 3 is 2.29 bits per heavy atom. The number of piperidine rings is 1. The number of carbonyl (C=O) groups excluding carboxylic acids is 2. The van der Waals surface area contributed by atoms with E-state index < -0.39 is 12.1 Å². The fourth-order valence-electron chi connectivity index (χ4n) is 4.40. The third-order valence-corrected chi connectivity index (χ3v) is 7.38. The van der Waals surface area contributed by atoms with Crippen LogP contribution in [-0.4, -0.2) is 82.6 Å². The van der Waals surface area contributed by atoms with Gasteiger partial charge in [-0.05, 0) is 102 Å². The van der Waals surface area contributed by atoms with Gasteiger partial charge < -0.3 is 24.6 Å². The quantitative estimate of drug-likeness (QED) is 0.265. The second kappa shape index (κ2) is 17.3. The zero-order valence-corrected chi connectivity index (χ0v) is 25.0. The summed E-state index contributed by atoms with van der Waals surface area (Å²) in [5, 5.41) is 3.44. The van der Waals surface area contributed by atoms with Gasteiger partial charge in [0.1, 0.15) is 28.9 Å². The number of benzene rings is 1. The first-order valence-electron chi connectivity index (χ1n) is 13.9. The zero-order chi connectivity index (χ0) is 30.4. The molecular weight excluding hydrogens is 557 g/mol. The van der Waals surface area contributed by atoms with Crippen molar-refractivity contribution >= 4 is 30.0 Å². The lowest BCUT2D eigenvalue weighted by Crippen LogP contribution is -2.34. The molecule has 0 radical (unpaired) electrons. The fraction of sp³-hybridized carbons (Fsp3) is 0.567. The number of anilines is 1. The standard InChI is InChI=1S/C16H24ClN3O.C10H9F3O2.C4H9N/c1-19(2)9-3-4-13-7-10-20(11-8-13)15-6-5-14(12-21)16(17)18-15;1-15-8-4-2-3-7(5-8)9(6-14)10(11,12)13;1-5-4-2-3-4/h5-6,12-13H,3-4,7-11H2,1-2H3;2-6,9H,1H3;4-5H,2-3H2,1H3. The van der Waals surface area contributed by atoms with Gasteiger partial charge in [-0.15, -0.1) is 0 Å². The Balaban J connectivity index is 0.000000254. The highest BCUT2D eigenvalue weighted by Gasteiger charge is 2.40. The zero-order valence-electron chi connectivity index (χ0n) is 24.3. The normalized spacial score (nSPS) is 16.2. The first kappa shape index (κ1) is 34.5. The molecule has 41 heavy (non-hydrogen) atoms. The van der Waals surface area contributed by atoms with Crippen LogP contribution in [0.4, 0.5) is 19.0 Å². The predicted octanol–water partition coefficient (Wildman–Crippen LogP) is 6.01. The highest BCUT2D eigenvalue weighted by atomic mass is 35.5. The second-order valence-electron chi connectivity index (χ2n) is 10.5. The molecule has 1 atom stereocenters. The second-order valence-corrected chi connectivity index (χ2v) is 10.9. The fourth-order valence-corrected chi connectivity index (χ4v) is 4.59. The summed E-state index contributed by atoms with van der Waals surface area (Å²) >= 11 is 6.00. The molecule has 228 valence electrons. The molecule has 1 aliphatic heterocycles. The van der Waals surface area contributed by atoms with E-state index in [1.165, 1.54) is 76.4 Å². The van der Waals surface area contributed by atoms with Gasteiger partial charge in [0.25, 0.3) is 0 Å². The van der Waals surface area contributed by atoms with Crippen LogP contribution in [0.1, 0.15) is 60.4 Å². The minimum Gasteiger partial charge on any atom is -0.497 e. The highest BCUT2D eigenvalue weighted by molar-refractivity contribution is 6.31. The van der Waals surface area contributed by atoms with Crippen molar-refractivity contribution in [2.45, 2.75) is 56.7 Å². The van der Waals surface area contributed by atoms with Crippen LogP contribution in [0.25, 0.3) is 0 Å². The highest BCUT2D eigenvalue weighted by Crippen LogP contribution is 2.34. The summed E-state index contributed by atoms with van der Waals surface area (Å²) in [5.41, 5.74) is 0.343. The molecule has 1 unspecified atom stereocenters. The van der Waals surface area contributed by atoms with Gasteiger partial charge in [0.2, 0.25) is 0 Å². The molecule has 0 bridgehead atoms. The number of hydrogen-bond acceptors (Lipinski definition) is 7. The van der Waals surface area contributed by atoms with E-state index in [0.29, 0.717) is 16.5 Å². The molecule has 7 nitrogen and oxygen atoms in total. The van der Waals surface area contributed by atoms with Crippen molar-refractivity contribution < 1.29 is 27.5 Å². The number of methoxy groups -OCH3 is 1. The first-order chi connectivity index (χ1) is 19.5. The van der Waals surface area contributed by atoms with Gasteiger partial charge in [-0.1, -0.05) is 23.7 Å². The molecule has 2 aromatic rings. The topological polar surface area (TPSA) is 74.8 Å². The number of ether oxygens (including phenoxy) is 1. The third kappa shape index (κ3) is 12.4. The lowest BCUT2D eigenvalue weighted by molar-refractivity contribution is -0.155. The monoisotopic (exact) mass is 598 g/mol. The molecule has 11 heteroatoms. The largest absolute Gasteiger partial charge is 0.497 e. The SMILES string of the molecule is CN(C)CCCC1CCN(c2ccc(C=O)c(Cl)n2)CC1.CNC1CC1.COc1cccc(C(C=O)C(F)(F)F)c1. The Hall–Kier alpha value is -2.69. The van der Waals surface area contributed by atoms with Gasteiger partial charge >= 0.3 is 6.18 Å². The minimum atomic E-state index is -4.56. The van der Waals surface area contributed by atoms with E-state index in [1.54, 1.807) is 6.07 Å². The number of pyridine rings is 1. The molecule has 1 aliphatic carbocycles. The van der Waals surface area contributed by atoms with Crippen LogP contribution in [0.5, 0.6) is 5.75 Å². The number of aromatic nitrogens is 1. The van der Waals surface area contributed by atoms with E-state index in [9.17, 15) is 22.8 Å². The third-order valence-electron chi connectivity index (χ3n) is 7.07. The molecule has 2 aliphatic rings. The van der Waals surface area contributed by atoms with Gasteiger partial charge in [-0.2, -0.15) is 13.2 Å². The van der Waals surface area contributed by atoms with Crippen LogP contribution in [0.15, 0.2) is 36.4 Å². The van der Waals surface area contributed by atoms with Crippen LogP contribution in [0.2, 0.25) is 5.15 Å². The van der Waals surface area contributed by atoms with Gasteiger partial charge in [0.15, 0.2) is 6.29 Å². The molecule has 1 aromatic carbocycles. The minimum absolute atomic E-state index is 0.114. The van der Waals surface area contributed by atoms with Crippen molar-refractivity contribution in [2.75, 3.05) is 52.8 Å². The van der Waals surface area contributed by atoms with Crippen molar-refractivity contribution in [1.82, 2.24) is 15.2 Å². The van der Waals surface area contributed by atoms with Crippen LogP contribution in [0.3, 0.4) is 0 Å². The summed E-state index contributed by atoms with van der Waals surface area (Å²) in [6.45, 7) is 3.22. The van der Waals surface area contributed by atoms with E-state index in [2.05, 4.69) is 34.2 Å². The van der Waals surface area contributed by atoms with Gasteiger partial charge in [-0.25, -0.2) is 4.98 Å². The lowest BCUT2D eigenvalue weighted by Gasteiger charge is -2.33. The predicted molar refractivity (Wildman–Crippen MR) is 157 cm³/mol. The Morgan fingerprint density at radius 2 is 1.83 bits per heavy atom. The van der Waals surface area contributed by atoms with Gasteiger partial charge in [0.05, 0.1) is 12.7 Å². The van der Waals surface area contributed by atoms with Crippen molar-refractivity contribution in [3.05, 3.63) is 52.7 Å². The van der Waals surface area contributed by atoms with E-state index in [0.717, 1.165) is 37.2 Å². The maximum absolute atomic E-state index is 12.4. The van der Waals surface area contributed by atoms with E-state index in [4.69, 9.17) is 16.3 Å². The Kier molecular flexibility index (Phi) is 14.6. The maximum Gasteiger partial charge on any atom is 0.402 e. The number of rotatable bonds is 10. The van der Waals surface area contributed by atoms with Crippen LogP contribution >= 0.6 is 11.6 Å². The summed E-state index contributed by atoms with van der Waals surface area (Å²) in [4.78, 5) is 30.0. The van der Waals surface area contributed by atoms with Gasteiger partial charge in [0, 0.05) is 19.1 Å². The molecule has 1 saturated carbocycles. The van der Waals surface area contributed by atoms with Crippen LogP contribution < -0.4 is 15.0 Å². The number of alkyl halides is 3. The molecule has 4 rings (SSSR count). The lowest BCUT2D eigenvalue weighted by atomic mass is 9.92. The number of nitrogens with zero attached hydrogens (tertiary/aromatic N) is 3. The van der Waals surface area contributed by atoms with Crippen molar-refractivity contribution in [3.63, 3.8) is 0 Å². The Morgan fingerprint density at radius 1 is 1.15 bits per heavy atom. The molecule has 2 heterocycles. The summed E-state index contributed by atoms with van der Waals surface area (Å²) in [6.07, 6.45) is 3.87. The maximum atomic E-state index is 12.4.